The zero-order valence-electron chi connectivity index (χ0n) is 30.9. The highest BCUT2D eigenvalue weighted by Crippen LogP contribution is 2.38. The molecule has 11 rings (SSSR count). The smallest absolute Gasteiger partial charge is 0.164 e. The molecule has 3 heterocycles. The van der Waals surface area contributed by atoms with Crippen molar-refractivity contribution in [1.82, 2.24) is 24.1 Å². The average Bonchev–Trinajstić information content (AvgIpc) is 3.79. The van der Waals surface area contributed by atoms with Crippen molar-refractivity contribution in [3.63, 3.8) is 0 Å². The van der Waals surface area contributed by atoms with Crippen LogP contribution in [0.25, 0.3) is 100 Å². The van der Waals surface area contributed by atoms with E-state index in [4.69, 9.17) is 9.97 Å². The van der Waals surface area contributed by atoms with E-state index in [-0.39, 0.29) is 11.6 Å². The first-order valence-electron chi connectivity index (χ1n) is 19.1. The van der Waals surface area contributed by atoms with E-state index in [1.165, 1.54) is 46.1 Å². The van der Waals surface area contributed by atoms with Gasteiger partial charge in [0.15, 0.2) is 17.5 Å². The number of hydrogen-bond acceptors (Lipinski definition) is 3. The van der Waals surface area contributed by atoms with E-state index >= 15 is 0 Å². The molecule has 0 bridgehead atoms. The van der Waals surface area contributed by atoms with Crippen molar-refractivity contribution >= 4 is 43.6 Å². The molecule has 0 aliphatic carbocycles. The Morgan fingerprint density at radius 3 is 1.09 bits per heavy atom. The quantitative estimate of drug-likeness (QED) is 0.170. The lowest BCUT2D eigenvalue weighted by Gasteiger charge is -2.11. The van der Waals surface area contributed by atoms with Crippen LogP contribution < -0.4 is 0 Å². The Bertz CT molecular complexity index is 3270. The third-order valence-electron chi connectivity index (χ3n) is 10.9. The maximum atomic E-state index is 13.8. The Hall–Kier alpha value is -7.77. The highest BCUT2D eigenvalue weighted by molar-refractivity contribution is 6.12. The number of para-hydroxylation sites is 3. The van der Waals surface area contributed by atoms with Gasteiger partial charge in [-0.1, -0.05) is 66.7 Å². The maximum Gasteiger partial charge on any atom is 0.164 e. The molecule has 0 unspecified atom stereocenters. The normalized spacial score (nSPS) is 11.6. The lowest BCUT2D eigenvalue weighted by molar-refractivity contribution is 0.627. The average molecular weight is 752 g/mol. The first kappa shape index (κ1) is 33.6. The van der Waals surface area contributed by atoms with Gasteiger partial charge in [0, 0.05) is 49.6 Å². The van der Waals surface area contributed by atoms with Crippen molar-refractivity contribution in [3.8, 4) is 56.7 Å². The molecule has 0 saturated carbocycles. The standard InChI is InChI=1S/C51H31F2N5/c52-37-22-14-32(15-23-37)49-54-50(33-16-24-38(53)25-17-33)56-51(55-49)34-18-26-40(27-19-34)58-46-13-7-5-11-42(46)44-31-36(21-29-48(44)58)35-20-28-47-43(30-35)41-10-4-6-12-45(41)57(47)39-8-2-1-3-9-39/h1-31H. The van der Waals surface area contributed by atoms with Gasteiger partial charge in [0.25, 0.3) is 0 Å². The summed E-state index contributed by atoms with van der Waals surface area (Å²) in [6.45, 7) is 0. The molecular formula is C51H31F2N5. The molecule has 0 spiro atoms. The summed E-state index contributed by atoms with van der Waals surface area (Å²) >= 11 is 0. The Morgan fingerprint density at radius 1 is 0.293 bits per heavy atom. The molecule has 58 heavy (non-hydrogen) atoms. The van der Waals surface area contributed by atoms with Crippen molar-refractivity contribution in [1.29, 1.82) is 0 Å². The van der Waals surface area contributed by atoms with E-state index in [1.54, 1.807) is 24.3 Å². The third-order valence-corrected chi connectivity index (χ3v) is 10.9. The van der Waals surface area contributed by atoms with E-state index in [0.29, 0.717) is 28.6 Å². The number of benzene rings is 8. The fraction of sp³-hybridized carbons (Fsp3) is 0. The predicted octanol–water partition coefficient (Wildman–Crippen LogP) is 13.0. The molecule has 0 N–H and O–H groups in total. The van der Waals surface area contributed by atoms with Crippen LogP contribution >= 0.6 is 0 Å². The van der Waals surface area contributed by atoms with Crippen LogP contribution in [0.2, 0.25) is 0 Å². The molecule has 5 nitrogen and oxygen atoms in total. The van der Waals surface area contributed by atoms with Crippen LogP contribution in [0.4, 0.5) is 8.78 Å². The van der Waals surface area contributed by atoms with Crippen LogP contribution in [0.3, 0.4) is 0 Å². The zero-order valence-corrected chi connectivity index (χ0v) is 30.9. The van der Waals surface area contributed by atoms with Crippen molar-refractivity contribution < 1.29 is 8.78 Å². The molecule has 0 amide bonds. The van der Waals surface area contributed by atoms with Crippen LogP contribution in [0.15, 0.2) is 188 Å². The number of fused-ring (bicyclic) bond motifs is 6. The molecule has 3 aromatic heterocycles. The summed E-state index contributed by atoms with van der Waals surface area (Å²) in [6.07, 6.45) is 0. The van der Waals surface area contributed by atoms with E-state index in [2.05, 4.69) is 142 Å². The molecule has 0 atom stereocenters. The molecule has 7 heteroatoms. The van der Waals surface area contributed by atoms with Crippen LogP contribution in [0.5, 0.6) is 0 Å². The predicted molar refractivity (Wildman–Crippen MR) is 230 cm³/mol. The first-order chi connectivity index (χ1) is 28.6. The van der Waals surface area contributed by atoms with Gasteiger partial charge in [0.1, 0.15) is 11.6 Å². The van der Waals surface area contributed by atoms with E-state index in [0.717, 1.165) is 49.9 Å². The molecule has 11 aromatic rings. The number of hydrogen-bond donors (Lipinski definition) is 0. The second-order valence-electron chi connectivity index (χ2n) is 14.4. The molecule has 8 aromatic carbocycles. The van der Waals surface area contributed by atoms with E-state index in [9.17, 15) is 8.78 Å². The zero-order chi connectivity index (χ0) is 38.7. The summed E-state index contributed by atoms with van der Waals surface area (Å²) in [6, 6.07) is 61.4. The van der Waals surface area contributed by atoms with Gasteiger partial charge in [-0.15, -0.1) is 0 Å². The van der Waals surface area contributed by atoms with Crippen molar-refractivity contribution in [2.75, 3.05) is 0 Å². The molecule has 274 valence electrons. The summed E-state index contributed by atoms with van der Waals surface area (Å²) in [5.74, 6) is 0.550. The number of rotatable bonds is 6. The van der Waals surface area contributed by atoms with Crippen molar-refractivity contribution in [2.45, 2.75) is 0 Å². The Balaban J connectivity index is 1.00. The molecule has 0 aliphatic rings. The van der Waals surface area contributed by atoms with Gasteiger partial charge in [-0.3, -0.25) is 0 Å². The maximum absolute atomic E-state index is 13.8. The fourth-order valence-corrected chi connectivity index (χ4v) is 8.16. The minimum atomic E-state index is -0.348. The summed E-state index contributed by atoms with van der Waals surface area (Å²) in [5.41, 5.74) is 11.1. The second kappa shape index (κ2) is 13.5. The lowest BCUT2D eigenvalue weighted by atomic mass is 10.0. The summed E-state index contributed by atoms with van der Waals surface area (Å²) in [5, 5.41) is 4.76. The third kappa shape index (κ3) is 5.63. The first-order valence-corrected chi connectivity index (χ1v) is 19.1. The second-order valence-corrected chi connectivity index (χ2v) is 14.4. The molecule has 0 saturated heterocycles. The van der Waals surface area contributed by atoms with Gasteiger partial charge >= 0.3 is 0 Å². The summed E-state index contributed by atoms with van der Waals surface area (Å²) < 4.78 is 32.3. The van der Waals surface area contributed by atoms with Gasteiger partial charge in [-0.25, -0.2) is 23.7 Å². The number of aromatic nitrogens is 5. The minimum absolute atomic E-state index is 0.348. The van der Waals surface area contributed by atoms with Crippen molar-refractivity contribution in [2.24, 2.45) is 0 Å². The molecule has 0 radical (unpaired) electrons. The van der Waals surface area contributed by atoms with Gasteiger partial charge in [0.05, 0.1) is 22.1 Å². The fourth-order valence-electron chi connectivity index (χ4n) is 8.16. The molecule has 0 fully saturated rings. The summed E-state index contributed by atoms with van der Waals surface area (Å²) in [4.78, 5) is 14.3. The lowest BCUT2D eigenvalue weighted by Crippen LogP contribution is -2.00. The topological polar surface area (TPSA) is 48.5 Å². The molecular weight excluding hydrogens is 721 g/mol. The van der Waals surface area contributed by atoms with Crippen LogP contribution in [-0.2, 0) is 0 Å². The van der Waals surface area contributed by atoms with Crippen LogP contribution in [-0.4, -0.2) is 24.1 Å². The Morgan fingerprint density at radius 2 is 0.638 bits per heavy atom. The van der Waals surface area contributed by atoms with Gasteiger partial charge < -0.3 is 9.13 Å². The molecule has 0 aliphatic heterocycles. The van der Waals surface area contributed by atoms with Gasteiger partial charge in [0.2, 0.25) is 0 Å². The van der Waals surface area contributed by atoms with E-state index in [1.807, 2.05) is 12.1 Å². The van der Waals surface area contributed by atoms with Gasteiger partial charge in [-0.2, -0.15) is 0 Å². The Kier molecular flexibility index (Phi) is 7.79. The number of nitrogens with zero attached hydrogens (tertiary/aromatic N) is 5. The van der Waals surface area contributed by atoms with Crippen molar-refractivity contribution in [3.05, 3.63) is 200 Å². The largest absolute Gasteiger partial charge is 0.309 e. The Labute approximate surface area is 331 Å². The van der Waals surface area contributed by atoms with Crippen LogP contribution in [0, 0.1) is 11.6 Å². The minimum Gasteiger partial charge on any atom is -0.309 e. The van der Waals surface area contributed by atoms with E-state index < -0.39 is 0 Å². The monoisotopic (exact) mass is 751 g/mol. The highest BCUT2D eigenvalue weighted by Gasteiger charge is 2.17. The van der Waals surface area contributed by atoms with Gasteiger partial charge in [-0.05, 0) is 132 Å². The van der Waals surface area contributed by atoms with Crippen LogP contribution in [0.1, 0.15) is 0 Å². The number of halogens is 2. The SMILES string of the molecule is Fc1ccc(-c2nc(-c3ccc(F)cc3)nc(-c3ccc(-n4c5ccccc5c5cc(-c6ccc7c(c6)c6ccccc6n7-c6ccccc6)ccc54)cc3)n2)cc1. The summed E-state index contributed by atoms with van der Waals surface area (Å²) in [7, 11) is 0. The highest BCUT2D eigenvalue weighted by atomic mass is 19.1.